The third kappa shape index (κ3) is 3.27. The molecule has 5 heteroatoms. The van der Waals surface area contributed by atoms with E-state index in [1.165, 1.54) is 0 Å². The first-order valence-corrected chi connectivity index (χ1v) is 7.19. The Morgan fingerprint density at radius 2 is 2.05 bits per heavy atom. The molecular weight excluding hydrogens is 270 g/mol. The van der Waals surface area contributed by atoms with Gasteiger partial charge in [-0.1, -0.05) is 30.3 Å². The molecule has 21 heavy (non-hydrogen) atoms. The average molecular weight is 291 g/mol. The molecule has 2 aliphatic heterocycles. The van der Waals surface area contributed by atoms with E-state index in [1.807, 2.05) is 44.2 Å². The number of ether oxygens (including phenoxy) is 2. The van der Waals surface area contributed by atoms with Crippen molar-refractivity contribution in [3.05, 3.63) is 47.7 Å². The van der Waals surface area contributed by atoms with E-state index >= 15 is 0 Å². The van der Waals surface area contributed by atoms with Gasteiger partial charge in [-0.3, -0.25) is 4.84 Å². The molecule has 1 saturated heterocycles. The summed E-state index contributed by atoms with van der Waals surface area (Å²) in [5.74, 6) is -0.343. The molecule has 2 aliphatic rings. The van der Waals surface area contributed by atoms with Crippen LogP contribution in [0.1, 0.15) is 19.4 Å². The second-order valence-corrected chi connectivity index (χ2v) is 5.80. The zero-order chi connectivity index (χ0) is 14.9. The Morgan fingerprint density at radius 1 is 1.29 bits per heavy atom. The van der Waals surface area contributed by atoms with Crippen LogP contribution in [0.2, 0.25) is 0 Å². The third-order valence-electron chi connectivity index (χ3n) is 3.71. The molecule has 0 saturated carbocycles. The standard InChI is InChI=1S/C16H21NO4/c1-16(2)19-11-14(21-16)15-13(18)8-9-20-17(15)10-12-6-4-3-5-7-12/h3-8,14-15,18H,9-11H2,1-2H3/t14-,15-/m1/s1. The van der Waals surface area contributed by atoms with Crippen LogP contribution in [0.15, 0.2) is 42.2 Å². The van der Waals surface area contributed by atoms with Crippen molar-refractivity contribution in [2.75, 3.05) is 13.2 Å². The number of aliphatic hydroxyl groups excluding tert-OH is 1. The van der Waals surface area contributed by atoms with Crippen molar-refractivity contribution in [2.45, 2.75) is 38.3 Å². The maximum Gasteiger partial charge on any atom is 0.163 e. The lowest BCUT2D eigenvalue weighted by Gasteiger charge is -2.36. The molecular formula is C16H21NO4. The fraction of sp³-hybridized carbons (Fsp3) is 0.500. The summed E-state index contributed by atoms with van der Waals surface area (Å²) in [6.07, 6.45) is 1.43. The molecule has 0 bridgehead atoms. The summed E-state index contributed by atoms with van der Waals surface area (Å²) in [5, 5.41) is 12.0. The summed E-state index contributed by atoms with van der Waals surface area (Å²) in [4.78, 5) is 5.71. The number of aliphatic hydroxyl groups is 1. The first-order valence-electron chi connectivity index (χ1n) is 7.19. The normalized spacial score (nSPS) is 29.3. The van der Waals surface area contributed by atoms with E-state index < -0.39 is 5.79 Å². The molecule has 2 heterocycles. The molecule has 2 atom stereocenters. The fourth-order valence-corrected chi connectivity index (χ4v) is 2.72. The van der Waals surface area contributed by atoms with Crippen LogP contribution in [0.3, 0.4) is 0 Å². The summed E-state index contributed by atoms with van der Waals surface area (Å²) in [7, 11) is 0. The zero-order valence-corrected chi connectivity index (χ0v) is 12.4. The van der Waals surface area contributed by atoms with E-state index in [9.17, 15) is 5.11 Å². The quantitative estimate of drug-likeness (QED) is 0.926. The Hall–Kier alpha value is -1.40. The molecule has 0 amide bonds. The maximum atomic E-state index is 10.3. The number of hydrogen-bond donors (Lipinski definition) is 1. The van der Waals surface area contributed by atoms with Gasteiger partial charge < -0.3 is 14.6 Å². The summed E-state index contributed by atoms with van der Waals surface area (Å²) >= 11 is 0. The van der Waals surface area contributed by atoms with Gasteiger partial charge in [0.15, 0.2) is 5.79 Å². The van der Waals surface area contributed by atoms with Gasteiger partial charge in [-0.05, 0) is 25.5 Å². The molecule has 1 fully saturated rings. The van der Waals surface area contributed by atoms with E-state index in [0.717, 1.165) is 5.56 Å². The van der Waals surface area contributed by atoms with Gasteiger partial charge in [0, 0.05) is 0 Å². The minimum Gasteiger partial charge on any atom is -0.511 e. The summed E-state index contributed by atoms with van der Waals surface area (Å²) in [6, 6.07) is 9.68. The highest BCUT2D eigenvalue weighted by Crippen LogP contribution is 2.30. The molecule has 0 unspecified atom stereocenters. The van der Waals surface area contributed by atoms with Gasteiger partial charge in [-0.25, -0.2) is 0 Å². The Kier molecular flexibility index (Phi) is 3.99. The first kappa shape index (κ1) is 14.5. The van der Waals surface area contributed by atoms with Crippen LogP contribution in [0.4, 0.5) is 0 Å². The molecule has 5 nitrogen and oxygen atoms in total. The lowest BCUT2D eigenvalue weighted by molar-refractivity contribution is -0.222. The van der Waals surface area contributed by atoms with Crippen LogP contribution in [0, 0.1) is 0 Å². The van der Waals surface area contributed by atoms with E-state index in [-0.39, 0.29) is 17.9 Å². The molecule has 3 rings (SSSR count). The Bertz CT molecular complexity index is 514. The van der Waals surface area contributed by atoms with Crippen LogP contribution in [0.5, 0.6) is 0 Å². The minimum atomic E-state index is -0.624. The van der Waals surface area contributed by atoms with Crippen molar-refractivity contribution in [3.8, 4) is 0 Å². The average Bonchev–Trinajstić information content (AvgIpc) is 2.80. The molecule has 0 aliphatic carbocycles. The van der Waals surface area contributed by atoms with Crippen LogP contribution in [0.25, 0.3) is 0 Å². The van der Waals surface area contributed by atoms with Crippen LogP contribution < -0.4 is 0 Å². The maximum absolute atomic E-state index is 10.3. The summed E-state index contributed by atoms with van der Waals surface area (Å²) < 4.78 is 11.5. The highest BCUT2D eigenvalue weighted by atomic mass is 16.7. The van der Waals surface area contributed by atoms with E-state index in [1.54, 1.807) is 11.1 Å². The lowest BCUT2D eigenvalue weighted by Crippen LogP contribution is -2.48. The molecule has 0 radical (unpaired) electrons. The predicted molar refractivity (Wildman–Crippen MR) is 77.3 cm³/mol. The van der Waals surface area contributed by atoms with Crippen LogP contribution in [-0.4, -0.2) is 41.3 Å². The van der Waals surface area contributed by atoms with Gasteiger partial charge in [0.05, 0.1) is 19.8 Å². The molecule has 0 spiro atoms. The molecule has 1 aromatic rings. The first-order chi connectivity index (χ1) is 10.1. The van der Waals surface area contributed by atoms with Crippen LogP contribution >= 0.6 is 0 Å². The van der Waals surface area contributed by atoms with Crippen molar-refractivity contribution in [1.29, 1.82) is 0 Å². The topological polar surface area (TPSA) is 51.2 Å². The van der Waals surface area contributed by atoms with Crippen LogP contribution in [-0.2, 0) is 20.9 Å². The van der Waals surface area contributed by atoms with Crippen molar-refractivity contribution in [3.63, 3.8) is 0 Å². The SMILES string of the molecule is CC1(C)OC[C@H]([C@H]2C(O)=CCON2Cc2ccccc2)O1. The molecule has 114 valence electrons. The Labute approximate surface area is 124 Å². The van der Waals surface area contributed by atoms with Gasteiger partial charge in [-0.15, -0.1) is 0 Å². The number of benzene rings is 1. The monoisotopic (exact) mass is 291 g/mol. The highest BCUT2D eigenvalue weighted by Gasteiger charge is 2.43. The number of hydroxylamine groups is 2. The summed E-state index contributed by atoms with van der Waals surface area (Å²) in [5.41, 5.74) is 1.12. The molecule has 1 aromatic carbocycles. The van der Waals surface area contributed by atoms with Crippen molar-refractivity contribution >= 4 is 0 Å². The largest absolute Gasteiger partial charge is 0.511 e. The van der Waals surface area contributed by atoms with E-state index in [0.29, 0.717) is 19.8 Å². The van der Waals surface area contributed by atoms with Gasteiger partial charge in [0.2, 0.25) is 0 Å². The minimum absolute atomic E-state index is 0.250. The van der Waals surface area contributed by atoms with Gasteiger partial charge in [0.25, 0.3) is 0 Å². The predicted octanol–water partition coefficient (Wildman–Crippen LogP) is 2.40. The lowest BCUT2D eigenvalue weighted by atomic mass is 10.1. The van der Waals surface area contributed by atoms with Gasteiger partial charge >= 0.3 is 0 Å². The summed E-state index contributed by atoms with van der Waals surface area (Å²) in [6.45, 7) is 5.14. The van der Waals surface area contributed by atoms with Crippen molar-refractivity contribution < 1.29 is 19.4 Å². The Morgan fingerprint density at radius 3 is 2.71 bits per heavy atom. The number of hydrogen-bond acceptors (Lipinski definition) is 5. The van der Waals surface area contributed by atoms with E-state index in [2.05, 4.69) is 0 Å². The zero-order valence-electron chi connectivity index (χ0n) is 12.4. The van der Waals surface area contributed by atoms with Gasteiger partial charge in [-0.2, -0.15) is 5.06 Å². The highest BCUT2D eigenvalue weighted by molar-refractivity contribution is 5.16. The number of rotatable bonds is 3. The van der Waals surface area contributed by atoms with Crippen molar-refractivity contribution in [1.82, 2.24) is 5.06 Å². The van der Waals surface area contributed by atoms with Gasteiger partial charge in [0.1, 0.15) is 17.9 Å². The Balaban J connectivity index is 1.77. The van der Waals surface area contributed by atoms with E-state index in [4.69, 9.17) is 14.3 Å². The molecule has 1 N–H and O–H groups in total. The second kappa shape index (κ2) is 5.77. The van der Waals surface area contributed by atoms with Crippen molar-refractivity contribution in [2.24, 2.45) is 0 Å². The molecule has 0 aromatic heterocycles. The number of nitrogens with zero attached hydrogens (tertiary/aromatic N) is 1. The third-order valence-corrected chi connectivity index (χ3v) is 3.71. The fourth-order valence-electron chi connectivity index (χ4n) is 2.72. The second-order valence-electron chi connectivity index (χ2n) is 5.80. The smallest absolute Gasteiger partial charge is 0.163 e.